The number of halogens is 3. The Balaban J connectivity index is 1.68. The molecule has 0 fully saturated rings. The van der Waals surface area contributed by atoms with Gasteiger partial charge in [-0.05, 0) is 30.7 Å². The number of benzene rings is 2. The Morgan fingerprint density at radius 3 is 2.47 bits per heavy atom. The van der Waals surface area contributed by atoms with Crippen molar-refractivity contribution >= 4 is 17.5 Å². The molecule has 0 aliphatic carbocycles. The maximum Gasteiger partial charge on any atom is 0.254 e. The molecule has 0 spiro atoms. The highest BCUT2D eigenvalue weighted by molar-refractivity contribution is 5.97. The molecule has 2 amide bonds. The number of aromatic nitrogens is 2. The van der Waals surface area contributed by atoms with Crippen molar-refractivity contribution in [3.05, 3.63) is 83.2 Å². The molecule has 2 aromatic carbocycles. The number of rotatable bonds is 7. The Hall–Kier alpha value is -3.62. The minimum Gasteiger partial charge on any atom is -0.346 e. The van der Waals surface area contributed by atoms with Crippen molar-refractivity contribution in [2.45, 2.75) is 26.4 Å². The zero-order valence-corrected chi connectivity index (χ0v) is 16.1. The Morgan fingerprint density at radius 1 is 1.07 bits per heavy atom. The number of hydrogen-bond acceptors (Lipinski definition) is 3. The number of amides is 2. The minimum absolute atomic E-state index is 0.0644. The monoisotopic (exact) mass is 416 g/mol. The highest BCUT2D eigenvalue weighted by Gasteiger charge is 2.18. The van der Waals surface area contributed by atoms with Crippen LogP contribution in [0.3, 0.4) is 0 Å². The van der Waals surface area contributed by atoms with Crippen LogP contribution in [0.5, 0.6) is 0 Å². The molecule has 0 aliphatic heterocycles. The smallest absolute Gasteiger partial charge is 0.254 e. The molecule has 1 heterocycles. The molecule has 0 bridgehead atoms. The molecule has 9 heteroatoms. The topological polar surface area (TPSA) is 76.0 Å². The van der Waals surface area contributed by atoms with Crippen LogP contribution in [0.2, 0.25) is 0 Å². The van der Waals surface area contributed by atoms with Crippen LogP contribution in [-0.2, 0) is 24.3 Å². The predicted octanol–water partition coefficient (Wildman–Crippen LogP) is 3.43. The van der Waals surface area contributed by atoms with Crippen LogP contribution in [0.4, 0.5) is 18.9 Å². The van der Waals surface area contributed by atoms with Crippen molar-refractivity contribution < 1.29 is 22.8 Å². The molecule has 3 aromatic rings. The third kappa shape index (κ3) is 5.25. The second-order valence-corrected chi connectivity index (χ2v) is 6.54. The minimum atomic E-state index is -1.05. The normalized spacial score (nSPS) is 10.7. The highest BCUT2D eigenvalue weighted by atomic mass is 19.1. The second-order valence-electron chi connectivity index (χ2n) is 6.54. The SMILES string of the molecule is CCn1cnc(CNC(=O)c2cc(NC(=O)Cc3ccc(F)cc3)c(F)cc2F)c1. The van der Waals surface area contributed by atoms with E-state index in [9.17, 15) is 22.8 Å². The van der Waals surface area contributed by atoms with E-state index in [1.54, 1.807) is 12.5 Å². The van der Waals surface area contributed by atoms with Crippen molar-refractivity contribution in [1.82, 2.24) is 14.9 Å². The van der Waals surface area contributed by atoms with Crippen molar-refractivity contribution in [3.8, 4) is 0 Å². The molecule has 0 unspecified atom stereocenters. The van der Waals surface area contributed by atoms with E-state index < -0.39 is 34.8 Å². The fourth-order valence-corrected chi connectivity index (χ4v) is 2.74. The van der Waals surface area contributed by atoms with Gasteiger partial charge in [0.15, 0.2) is 0 Å². The molecule has 0 radical (unpaired) electrons. The van der Waals surface area contributed by atoms with Gasteiger partial charge in [0.05, 0.1) is 36.2 Å². The molecule has 0 aliphatic rings. The quantitative estimate of drug-likeness (QED) is 0.620. The molecule has 2 N–H and O–H groups in total. The molecular weight excluding hydrogens is 397 g/mol. The number of carbonyl (C=O) groups is 2. The summed E-state index contributed by atoms with van der Waals surface area (Å²) in [5.41, 5.74) is 0.355. The first-order chi connectivity index (χ1) is 14.4. The molecule has 0 saturated carbocycles. The Labute approximate surface area is 170 Å². The largest absolute Gasteiger partial charge is 0.346 e. The van der Waals surface area contributed by atoms with Gasteiger partial charge in [-0.3, -0.25) is 9.59 Å². The predicted molar refractivity (Wildman–Crippen MR) is 104 cm³/mol. The van der Waals surface area contributed by atoms with Crippen molar-refractivity contribution in [2.24, 2.45) is 0 Å². The van der Waals surface area contributed by atoms with Gasteiger partial charge in [0.25, 0.3) is 5.91 Å². The lowest BCUT2D eigenvalue weighted by Crippen LogP contribution is -2.25. The third-order valence-corrected chi connectivity index (χ3v) is 4.34. The summed E-state index contributed by atoms with van der Waals surface area (Å²) in [5, 5.41) is 4.82. The van der Waals surface area contributed by atoms with Gasteiger partial charge < -0.3 is 15.2 Å². The summed E-state index contributed by atoms with van der Waals surface area (Å²) < 4.78 is 43.0. The van der Waals surface area contributed by atoms with Crippen LogP contribution in [0.1, 0.15) is 28.5 Å². The van der Waals surface area contributed by atoms with E-state index in [0.717, 1.165) is 6.07 Å². The van der Waals surface area contributed by atoms with Crippen molar-refractivity contribution in [2.75, 3.05) is 5.32 Å². The fraction of sp³-hybridized carbons (Fsp3) is 0.190. The summed E-state index contributed by atoms with van der Waals surface area (Å²) in [6.07, 6.45) is 3.20. The van der Waals surface area contributed by atoms with E-state index in [1.807, 2.05) is 11.5 Å². The maximum atomic E-state index is 14.1. The molecule has 156 valence electrons. The Kier molecular flexibility index (Phi) is 6.51. The fourth-order valence-electron chi connectivity index (χ4n) is 2.74. The number of anilines is 1. The van der Waals surface area contributed by atoms with E-state index >= 15 is 0 Å². The van der Waals surface area contributed by atoms with Crippen LogP contribution in [0.15, 0.2) is 48.9 Å². The summed E-state index contributed by atoms with van der Waals surface area (Å²) in [6, 6.07) is 6.73. The van der Waals surface area contributed by atoms with E-state index in [4.69, 9.17) is 0 Å². The molecule has 6 nitrogen and oxygen atoms in total. The van der Waals surface area contributed by atoms with Gasteiger partial charge in [0.1, 0.15) is 17.5 Å². The van der Waals surface area contributed by atoms with Crippen LogP contribution >= 0.6 is 0 Å². The van der Waals surface area contributed by atoms with Gasteiger partial charge in [-0.25, -0.2) is 18.2 Å². The van der Waals surface area contributed by atoms with Crippen LogP contribution in [-0.4, -0.2) is 21.4 Å². The number of carbonyl (C=O) groups excluding carboxylic acids is 2. The molecule has 0 saturated heterocycles. The third-order valence-electron chi connectivity index (χ3n) is 4.34. The van der Waals surface area contributed by atoms with Gasteiger partial charge in [0.2, 0.25) is 5.91 Å². The van der Waals surface area contributed by atoms with Crippen LogP contribution in [0.25, 0.3) is 0 Å². The van der Waals surface area contributed by atoms with E-state index in [1.165, 1.54) is 24.3 Å². The second kappa shape index (κ2) is 9.25. The first-order valence-corrected chi connectivity index (χ1v) is 9.18. The zero-order valence-electron chi connectivity index (χ0n) is 16.1. The number of nitrogens with zero attached hydrogens (tertiary/aromatic N) is 2. The molecule has 0 atom stereocenters. The summed E-state index contributed by atoms with van der Waals surface area (Å²) in [7, 11) is 0. The van der Waals surface area contributed by atoms with Gasteiger partial charge in [-0.15, -0.1) is 0 Å². The lowest BCUT2D eigenvalue weighted by Gasteiger charge is -2.10. The molecule has 1 aromatic heterocycles. The van der Waals surface area contributed by atoms with Gasteiger partial charge in [0, 0.05) is 18.8 Å². The Morgan fingerprint density at radius 2 is 1.80 bits per heavy atom. The average Bonchev–Trinajstić information content (AvgIpc) is 3.18. The molecule has 30 heavy (non-hydrogen) atoms. The number of hydrogen-bond donors (Lipinski definition) is 2. The molecular formula is C21H19F3N4O2. The van der Waals surface area contributed by atoms with Gasteiger partial charge in [-0.1, -0.05) is 12.1 Å². The van der Waals surface area contributed by atoms with E-state index in [0.29, 0.717) is 23.9 Å². The summed E-state index contributed by atoms with van der Waals surface area (Å²) in [6.45, 7) is 2.72. The van der Waals surface area contributed by atoms with Gasteiger partial charge >= 0.3 is 0 Å². The van der Waals surface area contributed by atoms with Crippen molar-refractivity contribution in [3.63, 3.8) is 0 Å². The zero-order chi connectivity index (χ0) is 21.7. The summed E-state index contributed by atoms with van der Waals surface area (Å²) in [5.74, 6) is -3.88. The van der Waals surface area contributed by atoms with E-state index in [2.05, 4.69) is 15.6 Å². The lowest BCUT2D eigenvalue weighted by atomic mass is 10.1. The average molecular weight is 416 g/mol. The summed E-state index contributed by atoms with van der Waals surface area (Å²) >= 11 is 0. The van der Waals surface area contributed by atoms with Crippen LogP contribution in [0, 0.1) is 17.5 Å². The van der Waals surface area contributed by atoms with E-state index in [-0.39, 0.29) is 18.7 Å². The van der Waals surface area contributed by atoms with Gasteiger partial charge in [-0.2, -0.15) is 0 Å². The maximum absolute atomic E-state index is 14.1. The highest BCUT2D eigenvalue weighted by Crippen LogP contribution is 2.20. The first-order valence-electron chi connectivity index (χ1n) is 9.18. The van der Waals surface area contributed by atoms with Crippen molar-refractivity contribution in [1.29, 1.82) is 0 Å². The van der Waals surface area contributed by atoms with Crippen LogP contribution < -0.4 is 10.6 Å². The number of aryl methyl sites for hydroxylation is 1. The first kappa shape index (κ1) is 21.1. The number of imidazole rings is 1. The standard InChI is InChI=1S/C21H19F3N4O2/c1-2-28-11-15(26-12-28)10-25-21(30)16-8-19(18(24)9-17(16)23)27-20(29)7-13-3-5-14(22)6-4-13/h3-6,8-9,11-12H,2,7,10H2,1H3,(H,25,30)(H,27,29). The Bertz CT molecular complexity index is 1060. The number of nitrogens with one attached hydrogen (secondary N) is 2. The molecule has 3 rings (SSSR count). The lowest BCUT2D eigenvalue weighted by molar-refractivity contribution is -0.115. The summed E-state index contributed by atoms with van der Waals surface area (Å²) in [4.78, 5) is 28.6.